The van der Waals surface area contributed by atoms with E-state index in [2.05, 4.69) is 5.32 Å². The first kappa shape index (κ1) is 19.7. The van der Waals surface area contributed by atoms with Crippen molar-refractivity contribution in [2.45, 2.75) is 13.8 Å². The van der Waals surface area contributed by atoms with Gasteiger partial charge in [0.25, 0.3) is 11.1 Å². The maximum atomic E-state index is 12.6. The number of thioether (sulfide) groups is 1. The van der Waals surface area contributed by atoms with Crippen molar-refractivity contribution >= 4 is 40.6 Å². The van der Waals surface area contributed by atoms with Crippen molar-refractivity contribution in [2.75, 3.05) is 19.0 Å². The molecule has 0 saturated carbocycles. The molecule has 0 aliphatic carbocycles. The van der Waals surface area contributed by atoms with Gasteiger partial charge in [0.05, 0.1) is 12.0 Å². The zero-order valence-corrected chi connectivity index (χ0v) is 16.6. The van der Waals surface area contributed by atoms with Crippen LogP contribution in [0.2, 0.25) is 0 Å². The van der Waals surface area contributed by atoms with E-state index in [1.54, 1.807) is 18.2 Å². The first-order valence-corrected chi connectivity index (χ1v) is 9.45. The van der Waals surface area contributed by atoms with Crippen LogP contribution >= 0.6 is 11.8 Å². The van der Waals surface area contributed by atoms with Crippen molar-refractivity contribution < 1.29 is 19.1 Å². The third kappa shape index (κ3) is 4.43. The van der Waals surface area contributed by atoms with E-state index in [0.29, 0.717) is 17.0 Å². The number of nitrogens with zero attached hydrogens (tertiary/aromatic N) is 1. The molecule has 3 rings (SSSR count). The molecule has 28 heavy (non-hydrogen) atoms. The largest absolute Gasteiger partial charge is 0.496 e. The summed E-state index contributed by atoms with van der Waals surface area (Å²) >= 11 is 0.812. The molecule has 7 heteroatoms. The highest BCUT2D eigenvalue weighted by molar-refractivity contribution is 8.18. The van der Waals surface area contributed by atoms with Crippen LogP contribution in [0.5, 0.6) is 5.75 Å². The van der Waals surface area contributed by atoms with Gasteiger partial charge in [0.15, 0.2) is 0 Å². The molecule has 1 aliphatic heterocycles. The van der Waals surface area contributed by atoms with Crippen molar-refractivity contribution in [3.8, 4) is 5.75 Å². The van der Waals surface area contributed by atoms with Crippen molar-refractivity contribution in [3.63, 3.8) is 0 Å². The lowest BCUT2D eigenvalue weighted by Crippen LogP contribution is -2.36. The van der Waals surface area contributed by atoms with Gasteiger partial charge in [-0.25, -0.2) is 0 Å². The van der Waals surface area contributed by atoms with Gasteiger partial charge >= 0.3 is 0 Å². The number of carbonyl (C=O) groups is 3. The minimum Gasteiger partial charge on any atom is -0.496 e. The average molecular weight is 396 g/mol. The van der Waals surface area contributed by atoms with Gasteiger partial charge in [-0.1, -0.05) is 24.3 Å². The molecular weight excluding hydrogens is 376 g/mol. The van der Waals surface area contributed by atoms with Gasteiger partial charge < -0.3 is 10.1 Å². The van der Waals surface area contributed by atoms with Crippen LogP contribution < -0.4 is 10.1 Å². The number of hydrogen-bond donors (Lipinski definition) is 1. The van der Waals surface area contributed by atoms with Crippen molar-refractivity contribution in [3.05, 3.63) is 64.1 Å². The molecule has 1 aliphatic rings. The zero-order chi connectivity index (χ0) is 20.3. The van der Waals surface area contributed by atoms with E-state index in [1.807, 2.05) is 44.2 Å². The van der Waals surface area contributed by atoms with Crippen LogP contribution in [0.1, 0.15) is 16.7 Å². The van der Waals surface area contributed by atoms with Crippen molar-refractivity contribution in [1.29, 1.82) is 0 Å². The summed E-state index contributed by atoms with van der Waals surface area (Å²) in [5.41, 5.74) is 3.36. The summed E-state index contributed by atoms with van der Waals surface area (Å²) in [7, 11) is 1.54. The molecule has 2 aromatic rings. The normalized spacial score (nSPS) is 15.2. The number of para-hydroxylation sites is 1. The summed E-state index contributed by atoms with van der Waals surface area (Å²) < 4.78 is 5.27. The van der Waals surface area contributed by atoms with E-state index in [4.69, 9.17) is 4.74 Å². The maximum absolute atomic E-state index is 12.6. The van der Waals surface area contributed by atoms with Crippen LogP contribution in [0.4, 0.5) is 10.5 Å². The van der Waals surface area contributed by atoms with Crippen LogP contribution in [-0.2, 0) is 9.59 Å². The molecule has 3 amide bonds. The van der Waals surface area contributed by atoms with E-state index in [9.17, 15) is 14.4 Å². The van der Waals surface area contributed by atoms with Gasteiger partial charge in [-0.2, -0.15) is 0 Å². The Morgan fingerprint density at radius 1 is 1.14 bits per heavy atom. The van der Waals surface area contributed by atoms with E-state index < -0.39 is 17.1 Å². The smallest absolute Gasteiger partial charge is 0.294 e. The third-order valence-electron chi connectivity index (χ3n) is 4.11. The Bertz CT molecular complexity index is 964. The standard InChI is InChI=1S/C21H20N2O4S/c1-13-8-14(2)10-16(9-13)22-19(24)12-23-20(25)18(28-21(23)26)11-15-6-4-5-7-17(15)27-3/h4-11H,12H2,1-3H3,(H,22,24)/b18-11-. The highest BCUT2D eigenvalue weighted by Gasteiger charge is 2.36. The molecule has 6 nitrogen and oxygen atoms in total. The van der Waals surface area contributed by atoms with E-state index in [-0.39, 0.29) is 11.4 Å². The average Bonchev–Trinajstić information content (AvgIpc) is 2.88. The number of anilines is 1. The second-order valence-corrected chi connectivity index (χ2v) is 7.43. The number of rotatable bonds is 5. The number of hydrogen-bond acceptors (Lipinski definition) is 5. The number of benzene rings is 2. The lowest BCUT2D eigenvalue weighted by Gasteiger charge is -2.13. The SMILES string of the molecule is COc1ccccc1/C=C1\SC(=O)N(CC(=O)Nc2cc(C)cc(C)c2)C1=O. The van der Waals surface area contributed by atoms with Crippen LogP contribution in [0.25, 0.3) is 6.08 Å². The number of methoxy groups -OCH3 is 1. The summed E-state index contributed by atoms with van der Waals surface area (Å²) in [6.45, 7) is 3.53. The van der Waals surface area contributed by atoms with Crippen molar-refractivity contribution in [1.82, 2.24) is 4.90 Å². The Morgan fingerprint density at radius 3 is 2.50 bits per heavy atom. The Balaban J connectivity index is 1.73. The molecule has 0 unspecified atom stereocenters. The highest BCUT2D eigenvalue weighted by atomic mass is 32.2. The van der Waals surface area contributed by atoms with Gasteiger partial charge in [0.2, 0.25) is 5.91 Å². The maximum Gasteiger partial charge on any atom is 0.294 e. The minimum atomic E-state index is -0.489. The monoisotopic (exact) mass is 396 g/mol. The molecule has 0 radical (unpaired) electrons. The molecule has 0 aromatic heterocycles. The molecule has 0 atom stereocenters. The van der Waals surface area contributed by atoms with Crippen LogP contribution in [0, 0.1) is 13.8 Å². The molecule has 0 spiro atoms. The molecule has 1 fully saturated rings. The summed E-state index contributed by atoms with van der Waals surface area (Å²) in [6, 6.07) is 12.9. The molecule has 0 bridgehead atoms. The lowest BCUT2D eigenvalue weighted by molar-refractivity contribution is -0.127. The molecule has 1 N–H and O–H groups in total. The van der Waals surface area contributed by atoms with Gasteiger partial charge in [0, 0.05) is 11.3 Å². The second-order valence-electron chi connectivity index (χ2n) is 6.43. The Labute approximate surface area is 167 Å². The molecule has 144 valence electrons. The zero-order valence-electron chi connectivity index (χ0n) is 15.8. The number of nitrogens with one attached hydrogen (secondary N) is 1. The fourth-order valence-corrected chi connectivity index (χ4v) is 3.78. The lowest BCUT2D eigenvalue weighted by atomic mass is 10.1. The van der Waals surface area contributed by atoms with Gasteiger partial charge in [-0.15, -0.1) is 0 Å². The van der Waals surface area contributed by atoms with E-state index in [1.165, 1.54) is 7.11 Å². The Hall–Kier alpha value is -3.06. The van der Waals surface area contributed by atoms with Crippen LogP contribution in [0.15, 0.2) is 47.4 Å². The van der Waals surface area contributed by atoms with E-state index in [0.717, 1.165) is 27.8 Å². The quantitative estimate of drug-likeness (QED) is 0.774. The highest BCUT2D eigenvalue weighted by Crippen LogP contribution is 2.33. The molecule has 1 heterocycles. The Morgan fingerprint density at radius 2 is 1.82 bits per heavy atom. The number of ether oxygens (including phenoxy) is 1. The number of aryl methyl sites for hydroxylation is 2. The predicted molar refractivity (Wildman–Crippen MR) is 110 cm³/mol. The van der Waals surface area contributed by atoms with Gasteiger partial charge in [0.1, 0.15) is 12.3 Å². The van der Waals surface area contributed by atoms with Gasteiger partial charge in [-0.05, 0) is 61.0 Å². The van der Waals surface area contributed by atoms with Gasteiger partial charge in [-0.3, -0.25) is 19.3 Å². The number of amides is 3. The minimum absolute atomic E-state index is 0.258. The number of imide groups is 1. The summed E-state index contributed by atoms with van der Waals surface area (Å²) in [5.74, 6) is -0.316. The first-order chi connectivity index (χ1) is 13.4. The second kappa shape index (κ2) is 8.31. The summed E-state index contributed by atoms with van der Waals surface area (Å²) in [4.78, 5) is 38.4. The Kier molecular flexibility index (Phi) is 5.84. The van der Waals surface area contributed by atoms with Crippen LogP contribution in [-0.4, -0.2) is 35.6 Å². The summed E-state index contributed by atoms with van der Waals surface area (Å²) in [5, 5.41) is 2.27. The fraction of sp³-hybridized carbons (Fsp3) is 0.190. The molecular formula is C21H20N2O4S. The summed E-state index contributed by atoms with van der Waals surface area (Å²) in [6.07, 6.45) is 1.60. The molecule has 1 saturated heterocycles. The first-order valence-electron chi connectivity index (χ1n) is 8.64. The predicted octanol–water partition coefficient (Wildman–Crippen LogP) is 3.99. The van der Waals surface area contributed by atoms with Crippen LogP contribution in [0.3, 0.4) is 0 Å². The third-order valence-corrected chi connectivity index (χ3v) is 5.01. The van der Waals surface area contributed by atoms with E-state index >= 15 is 0 Å². The fourth-order valence-electron chi connectivity index (χ4n) is 2.95. The number of carbonyl (C=O) groups excluding carboxylic acids is 3. The topological polar surface area (TPSA) is 75.7 Å². The molecule has 2 aromatic carbocycles. The van der Waals surface area contributed by atoms with Crippen molar-refractivity contribution in [2.24, 2.45) is 0 Å².